The quantitative estimate of drug-likeness (QED) is 0.729. The van der Waals surface area contributed by atoms with Gasteiger partial charge in [-0.15, -0.1) is 0 Å². The number of allylic oxidation sites excluding steroid dienone is 2. The van der Waals surface area contributed by atoms with E-state index in [0.717, 1.165) is 18.6 Å². The molecule has 0 aliphatic heterocycles. The second kappa shape index (κ2) is 9.11. The predicted molar refractivity (Wildman–Crippen MR) is 97.8 cm³/mol. The molecule has 2 rings (SSSR count). The number of hydrogen-bond donors (Lipinski definition) is 1. The van der Waals surface area contributed by atoms with Crippen LogP contribution in [0.25, 0.3) is 0 Å². The lowest BCUT2D eigenvalue weighted by atomic mass is 10.1. The molecule has 1 N–H and O–H groups in total. The van der Waals surface area contributed by atoms with Gasteiger partial charge in [-0.1, -0.05) is 5.57 Å². The lowest BCUT2D eigenvalue weighted by Crippen LogP contribution is -2.19. The minimum absolute atomic E-state index is 0.310. The molecule has 6 nitrogen and oxygen atoms in total. The molecule has 1 aliphatic rings. The Morgan fingerprint density at radius 1 is 1.04 bits per heavy atom. The fourth-order valence-electron chi connectivity index (χ4n) is 2.55. The van der Waals surface area contributed by atoms with Gasteiger partial charge >= 0.3 is 0 Å². The van der Waals surface area contributed by atoms with Crippen molar-refractivity contribution >= 4 is 11.6 Å². The Bertz CT molecular complexity index is 653. The highest BCUT2D eigenvalue weighted by molar-refractivity contribution is 6.00. The van der Waals surface area contributed by atoms with Crippen LogP contribution in [0.15, 0.2) is 28.9 Å². The van der Waals surface area contributed by atoms with Gasteiger partial charge in [0.05, 0.1) is 25.5 Å². The van der Waals surface area contributed by atoms with Crippen LogP contribution in [-0.2, 0) is 0 Å². The first-order valence-electron chi connectivity index (χ1n) is 8.69. The van der Waals surface area contributed by atoms with E-state index in [1.807, 2.05) is 26.8 Å². The number of nitrogens with one attached hydrogen (secondary N) is 1. The fraction of sp³-hybridized carbons (Fsp3) is 0.474. The Hall–Kier alpha value is -2.50. The number of amides is 1. The van der Waals surface area contributed by atoms with Gasteiger partial charge in [0.2, 0.25) is 5.75 Å². The van der Waals surface area contributed by atoms with Crippen molar-refractivity contribution < 1.29 is 19.0 Å². The third-order valence-electron chi connectivity index (χ3n) is 3.66. The summed E-state index contributed by atoms with van der Waals surface area (Å²) in [6.45, 7) is 9.10. The molecule has 25 heavy (non-hydrogen) atoms. The molecule has 0 aromatic heterocycles. The van der Waals surface area contributed by atoms with Crippen LogP contribution in [0.1, 0.15) is 50.9 Å². The summed E-state index contributed by atoms with van der Waals surface area (Å²) < 4.78 is 16.9. The van der Waals surface area contributed by atoms with Crippen LogP contribution in [0.2, 0.25) is 0 Å². The summed E-state index contributed by atoms with van der Waals surface area (Å²) in [6, 6.07) is 3.31. The first-order valence-corrected chi connectivity index (χ1v) is 8.69. The van der Waals surface area contributed by atoms with Crippen molar-refractivity contribution in [1.82, 2.24) is 5.43 Å². The zero-order chi connectivity index (χ0) is 18.2. The molecule has 0 heterocycles. The Morgan fingerprint density at radius 2 is 1.64 bits per heavy atom. The van der Waals surface area contributed by atoms with E-state index >= 15 is 0 Å². The smallest absolute Gasteiger partial charge is 0.271 e. The summed E-state index contributed by atoms with van der Waals surface area (Å²) in [6.07, 6.45) is 3.83. The Kier molecular flexibility index (Phi) is 6.86. The van der Waals surface area contributed by atoms with Gasteiger partial charge < -0.3 is 14.2 Å². The molecule has 1 aromatic rings. The van der Waals surface area contributed by atoms with Gasteiger partial charge in [-0.2, -0.15) is 5.10 Å². The number of carbonyl (C=O) groups excluding carboxylic acids is 1. The molecule has 6 heteroatoms. The Morgan fingerprint density at radius 3 is 2.12 bits per heavy atom. The molecule has 1 amide bonds. The number of rotatable bonds is 8. The highest BCUT2D eigenvalue weighted by Crippen LogP contribution is 2.39. The molecule has 1 aromatic carbocycles. The van der Waals surface area contributed by atoms with Crippen molar-refractivity contribution in [2.24, 2.45) is 5.10 Å². The molecule has 0 bridgehead atoms. The third kappa shape index (κ3) is 4.98. The number of benzene rings is 1. The summed E-state index contributed by atoms with van der Waals surface area (Å²) in [5.74, 6) is 1.19. The maximum Gasteiger partial charge on any atom is 0.271 e. The van der Waals surface area contributed by atoms with E-state index in [1.165, 1.54) is 5.57 Å². The molecular formula is C19H26N2O4. The topological polar surface area (TPSA) is 69.2 Å². The number of hydrogen-bond acceptors (Lipinski definition) is 5. The Balaban J connectivity index is 2.28. The van der Waals surface area contributed by atoms with Crippen molar-refractivity contribution in [3.05, 3.63) is 29.3 Å². The lowest BCUT2D eigenvalue weighted by molar-refractivity contribution is 0.0953. The molecule has 0 saturated carbocycles. The summed E-state index contributed by atoms with van der Waals surface area (Å²) in [4.78, 5) is 12.5. The monoisotopic (exact) mass is 346 g/mol. The zero-order valence-corrected chi connectivity index (χ0v) is 15.3. The van der Waals surface area contributed by atoms with E-state index < -0.39 is 0 Å². The van der Waals surface area contributed by atoms with Crippen LogP contribution in [0.4, 0.5) is 0 Å². The molecule has 0 fully saturated rings. The summed E-state index contributed by atoms with van der Waals surface area (Å²) >= 11 is 0. The van der Waals surface area contributed by atoms with Crippen LogP contribution in [0.3, 0.4) is 0 Å². The SMILES string of the molecule is CCOc1cc(C(=O)N/N=C2\C=C(C)CC2)cc(OCC)c1OCC. The standard InChI is InChI=1S/C19H26N2O4/c1-5-23-16-11-14(12-17(24-6-2)18(16)25-7-3)19(22)21-20-15-9-8-13(4)10-15/h10-12H,5-9H2,1-4H3,(H,21,22)/b20-15-. The van der Waals surface area contributed by atoms with Crippen molar-refractivity contribution in [2.75, 3.05) is 19.8 Å². The number of nitrogens with zero attached hydrogens (tertiary/aromatic N) is 1. The normalized spacial score (nSPS) is 15.0. The molecule has 0 saturated heterocycles. The summed E-state index contributed by atoms with van der Waals surface area (Å²) in [5.41, 5.74) is 5.17. The predicted octanol–water partition coefficient (Wildman–Crippen LogP) is 3.71. The van der Waals surface area contributed by atoms with E-state index in [4.69, 9.17) is 14.2 Å². The fourth-order valence-corrected chi connectivity index (χ4v) is 2.55. The van der Waals surface area contributed by atoms with Crippen LogP contribution in [-0.4, -0.2) is 31.4 Å². The van der Waals surface area contributed by atoms with Gasteiger partial charge in [-0.25, -0.2) is 5.43 Å². The highest BCUT2D eigenvalue weighted by atomic mass is 16.5. The zero-order valence-electron chi connectivity index (χ0n) is 15.3. The summed E-state index contributed by atoms with van der Waals surface area (Å²) in [5, 5.41) is 4.19. The third-order valence-corrected chi connectivity index (χ3v) is 3.66. The molecule has 1 aliphatic carbocycles. The first kappa shape index (κ1) is 18.8. The van der Waals surface area contributed by atoms with Gasteiger partial charge in [0, 0.05) is 5.56 Å². The van der Waals surface area contributed by atoms with Gasteiger partial charge in [-0.3, -0.25) is 4.79 Å². The Labute approximate surface area is 148 Å². The largest absolute Gasteiger partial charge is 0.490 e. The van der Waals surface area contributed by atoms with Crippen molar-refractivity contribution in [3.63, 3.8) is 0 Å². The van der Waals surface area contributed by atoms with Crippen LogP contribution < -0.4 is 19.6 Å². The summed E-state index contributed by atoms with van der Waals surface area (Å²) in [7, 11) is 0. The van der Waals surface area contributed by atoms with Gasteiger partial charge in [0.1, 0.15) is 0 Å². The van der Waals surface area contributed by atoms with E-state index in [1.54, 1.807) is 12.1 Å². The molecule has 0 atom stereocenters. The maximum atomic E-state index is 12.5. The number of carbonyl (C=O) groups is 1. The van der Waals surface area contributed by atoms with Crippen molar-refractivity contribution in [3.8, 4) is 17.2 Å². The lowest BCUT2D eigenvalue weighted by Gasteiger charge is -2.16. The van der Waals surface area contributed by atoms with E-state index in [9.17, 15) is 4.79 Å². The van der Waals surface area contributed by atoms with E-state index in [0.29, 0.717) is 42.6 Å². The minimum atomic E-state index is -0.310. The minimum Gasteiger partial charge on any atom is -0.490 e. The van der Waals surface area contributed by atoms with Crippen LogP contribution in [0, 0.1) is 0 Å². The van der Waals surface area contributed by atoms with Gasteiger partial charge in [0.15, 0.2) is 11.5 Å². The average molecular weight is 346 g/mol. The molecule has 0 unspecified atom stereocenters. The molecule has 136 valence electrons. The van der Waals surface area contributed by atoms with Gasteiger partial charge in [-0.05, 0) is 58.7 Å². The van der Waals surface area contributed by atoms with E-state index in [2.05, 4.69) is 17.5 Å². The average Bonchev–Trinajstić information content (AvgIpc) is 3.01. The van der Waals surface area contributed by atoms with Crippen molar-refractivity contribution in [1.29, 1.82) is 0 Å². The highest BCUT2D eigenvalue weighted by Gasteiger charge is 2.18. The van der Waals surface area contributed by atoms with Crippen LogP contribution in [0.5, 0.6) is 17.2 Å². The number of ether oxygens (including phenoxy) is 3. The second-order valence-electron chi connectivity index (χ2n) is 5.64. The van der Waals surface area contributed by atoms with Crippen LogP contribution >= 0.6 is 0 Å². The van der Waals surface area contributed by atoms with Crippen molar-refractivity contribution in [2.45, 2.75) is 40.5 Å². The molecular weight excluding hydrogens is 320 g/mol. The second-order valence-corrected chi connectivity index (χ2v) is 5.64. The van der Waals surface area contributed by atoms with Gasteiger partial charge in [0.25, 0.3) is 5.91 Å². The molecule has 0 radical (unpaired) electrons. The molecule has 0 spiro atoms. The van der Waals surface area contributed by atoms with E-state index in [-0.39, 0.29) is 5.91 Å². The first-order chi connectivity index (χ1) is 12.1. The number of hydrazone groups is 1. The maximum absolute atomic E-state index is 12.5.